The lowest BCUT2D eigenvalue weighted by Crippen LogP contribution is -2.40. The van der Waals surface area contributed by atoms with Crippen LogP contribution in [0.2, 0.25) is 0 Å². The van der Waals surface area contributed by atoms with Crippen LogP contribution < -0.4 is 0 Å². The van der Waals surface area contributed by atoms with Crippen molar-refractivity contribution in [1.29, 1.82) is 0 Å². The predicted molar refractivity (Wildman–Crippen MR) is 90.4 cm³/mol. The molecule has 0 saturated carbocycles. The highest BCUT2D eigenvalue weighted by molar-refractivity contribution is 6.20. The van der Waals surface area contributed by atoms with Crippen molar-refractivity contribution in [2.75, 3.05) is 6.61 Å². The van der Waals surface area contributed by atoms with E-state index in [1.54, 1.807) is 12.1 Å². The molecule has 2 aromatic carbocycles. The fourth-order valence-corrected chi connectivity index (χ4v) is 4.32. The van der Waals surface area contributed by atoms with Crippen molar-refractivity contribution in [1.82, 2.24) is 0 Å². The number of rotatable bonds is 1. The maximum absolute atomic E-state index is 13.4. The maximum atomic E-state index is 13.4. The molecule has 4 heteroatoms. The lowest BCUT2D eigenvalue weighted by molar-refractivity contribution is -0.165. The molecular weight excluding hydrogens is 319 g/mol. The van der Waals surface area contributed by atoms with E-state index in [4.69, 9.17) is 9.47 Å². The van der Waals surface area contributed by atoms with Gasteiger partial charge < -0.3 is 9.47 Å². The van der Waals surface area contributed by atoms with E-state index in [0.717, 1.165) is 24.0 Å². The summed E-state index contributed by atoms with van der Waals surface area (Å²) in [5, 5.41) is 0. The second-order valence-electron chi connectivity index (χ2n) is 6.81. The van der Waals surface area contributed by atoms with Gasteiger partial charge in [-0.1, -0.05) is 36.4 Å². The van der Waals surface area contributed by atoms with E-state index in [2.05, 4.69) is 0 Å². The van der Waals surface area contributed by atoms with Crippen LogP contribution in [-0.2, 0) is 9.47 Å². The summed E-state index contributed by atoms with van der Waals surface area (Å²) in [6, 6.07) is 14.0. The van der Waals surface area contributed by atoms with Gasteiger partial charge in [0.25, 0.3) is 0 Å². The van der Waals surface area contributed by atoms with E-state index < -0.39 is 0 Å². The Bertz CT molecular complexity index is 884. The van der Waals surface area contributed by atoms with E-state index >= 15 is 0 Å². The smallest absolute Gasteiger partial charge is 0.203 e. The Morgan fingerprint density at radius 1 is 1.00 bits per heavy atom. The van der Waals surface area contributed by atoms with Gasteiger partial charge in [0.2, 0.25) is 6.29 Å². The summed E-state index contributed by atoms with van der Waals surface area (Å²) in [7, 11) is 0. The molecule has 1 saturated heterocycles. The summed E-state index contributed by atoms with van der Waals surface area (Å²) in [6.07, 6.45) is 1.50. The zero-order chi connectivity index (χ0) is 17.0. The van der Waals surface area contributed by atoms with Gasteiger partial charge in [0.05, 0.1) is 12.2 Å². The van der Waals surface area contributed by atoms with E-state index in [0.29, 0.717) is 23.5 Å². The molecular formula is C21H17FO3. The number of ether oxygens (including phenoxy) is 2. The molecule has 3 aliphatic rings. The van der Waals surface area contributed by atoms with Crippen molar-refractivity contribution in [3.8, 4) is 0 Å². The third kappa shape index (κ3) is 2.17. The lowest BCUT2D eigenvalue weighted by Gasteiger charge is -2.41. The summed E-state index contributed by atoms with van der Waals surface area (Å²) in [5.41, 5.74) is 3.15. The van der Waals surface area contributed by atoms with E-state index in [1.165, 1.54) is 12.1 Å². The van der Waals surface area contributed by atoms with Gasteiger partial charge in [-0.05, 0) is 30.5 Å². The Balaban J connectivity index is 1.70. The number of allylic oxidation sites excluding steroid dienone is 1. The summed E-state index contributed by atoms with van der Waals surface area (Å²) < 4.78 is 25.4. The highest BCUT2D eigenvalue weighted by atomic mass is 19.1. The fourth-order valence-electron chi connectivity index (χ4n) is 4.32. The van der Waals surface area contributed by atoms with E-state index in [1.807, 2.05) is 24.3 Å². The van der Waals surface area contributed by atoms with Crippen molar-refractivity contribution >= 4 is 11.5 Å². The molecule has 5 rings (SSSR count). The maximum Gasteiger partial charge on any atom is 0.203 e. The number of carbonyl (C=O) groups excluding carboxylic acids is 1. The molecule has 0 amide bonds. The molecule has 2 aliphatic heterocycles. The Hall–Kier alpha value is -2.46. The molecule has 3 nitrogen and oxygen atoms in total. The van der Waals surface area contributed by atoms with Gasteiger partial charge >= 0.3 is 0 Å². The molecule has 0 aromatic heterocycles. The number of benzene rings is 2. The van der Waals surface area contributed by atoms with Crippen LogP contribution in [0.1, 0.15) is 40.2 Å². The highest BCUT2D eigenvalue weighted by Gasteiger charge is 2.48. The average molecular weight is 336 g/mol. The molecule has 2 heterocycles. The first-order valence-electron chi connectivity index (χ1n) is 8.66. The number of ketones is 1. The van der Waals surface area contributed by atoms with Gasteiger partial charge in [-0.3, -0.25) is 4.79 Å². The van der Waals surface area contributed by atoms with E-state index in [9.17, 15) is 9.18 Å². The second kappa shape index (κ2) is 5.53. The van der Waals surface area contributed by atoms with Crippen LogP contribution in [-0.4, -0.2) is 18.7 Å². The summed E-state index contributed by atoms with van der Waals surface area (Å²) in [4.78, 5) is 13.1. The third-order valence-electron chi connectivity index (χ3n) is 5.42. The molecule has 0 bridgehead atoms. The molecule has 126 valence electrons. The van der Waals surface area contributed by atoms with Crippen molar-refractivity contribution in [3.63, 3.8) is 0 Å². The minimum atomic E-state index is -0.360. The molecule has 0 N–H and O–H groups in total. The molecule has 2 aromatic rings. The summed E-state index contributed by atoms with van der Waals surface area (Å²) >= 11 is 0. The first kappa shape index (κ1) is 14.8. The number of hydrogen-bond acceptors (Lipinski definition) is 3. The minimum absolute atomic E-state index is 0.0175. The molecule has 3 atom stereocenters. The highest BCUT2D eigenvalue weighted by Crippen LogP contribution is 2.52. The first-order chi connectivity index (χ1) is 12.2. The van der Waals surface area contributed by atoms with Gasteiger partial charge in [-0.2, -0.15) is 0 Å². The topological polar surface area (TPSA) is 35.5 Å². The van der Waals surface area contributed by atoms with E-state index in [-0.39, 0.29) is 29.7 Å². The second-order valence-corrected chi connectivity index (χ2v) is 6.81. The number of hydrogen-bond donors (Lipinski definition) is 0. The van der Waals surface area contributed by atoms with Crippen LogP contribution in [0.3, 0.4) is 0 Å². The molecule has 25 heavy (non-hydrogen) atoms. The van der Waals surface area contributed by atoms with Crippen LogP contribution in [0, 0.1) is 11.7 Å². The van der Waals surface area contributed by atoms with Gasteiger partial charge in [-0.15, -0.1) is 0 Å². The number of fused-ring (bicyclic) bond motifs is 3. The Kier molecular flexibility index (Phi) is 3.28. The number of Topliss-reactive ketones (excluding diaryl/α,β-unsaturated/α-hetero) is 1. The molecule has 0 spiro atoms. The predicted octanol–water partition coefficient (Wildman–Crippen LogP) is 4.30. The SMILES string of the molecule is O=C1C2=C(O[C@@H]3OCCC[C@@H]3[C@H]2c2ccc(F)cc2)c2ccccc21. The zero-order valence-electron chi connectivity index (χ0n) is 13.6. The normalized spacial score (nSPS) is 27.4. The van der Waals surface area contributed by atoms with Crippen LogP contribution in [0.5, 0.6) is 0 Å². The molecule has 1 aliphatic carbocycles. The fraction of sp³-hybridized carbons (Fsp3) is 0.286. The average Bonchev–Trinajstić information content (AvgIpc) is 2.93. The van der Waals surface area contributed by atoms with Crippen molar-refractivity contribution in [2.24, 2.45) is 5.92 Å². The van der Waals surface area contributed by atoms with Crippen molar-refractivity contribution in [2.45, 2.75) is 25.0 Å². The summed E-state index contributed by atoms with van der Waals surface area (Å²) in [6.45, 7) is 0.662. The van der Waals surface area contributed by atoms with Crippen molar-refractivity contribution in [3.05, 3.63) is 76.6 Å². The Morgan fingerprint density at radius 3 is 2.56 bits per heavy atom. The van der Waals surface area contributed by atoms with Crippen LogP contribution in [0.4, 0.5) is 4.39 Å². The number of carbonyl (C=O) groups is 1. The first-order valence-corrected chi connectivity index (χ1v) is 8.66. The molecule has 0 unspecified atom stereocenters. The lowest BCUT2D eigenvalue weighted by atomic mass is 9.74. The van der Waals surface area contributed by atoms with Gasteiger partial charge in [-0.25, -0.2) is 4.39 Å². The van der Waals surface area contributed by atoms with Crippen LogP contribution in [0.15, 0.2) is 54.1 Å². The van der Waals surface area contributed by atoms with Crippen LogP contribution in [0.25, 0.3) is 5.76 Å². The molecule has 0 radical (unpaired) electrons. The van der Waals surface area contributed by atoms with Crippen LogP contribution >= 0.6 is 0 Å². The zero-order valence-corrected chi connectivity index (χ0v) is 13.6. The Labute approximate surface area is 145 Å². The van der Waals surface area contributed by atoms with Crippen molar-refractivity contribution < 1.29 is 18.7 Å². The molecule has 1 fully saturated rings. The monoisotopic (exact) mass is 336 g/mol. The van der Waals surface area contributed by atoms with Gasteiger partial charge in [0.15, 0.2) is 5.78 Å². The third-order valence-corrected chi connectivity index (χ3v) is 5.42. The van der Waals surface area contributed by atoms with Gasteiger partial charge in [0, 0.05) is 23.0 Å². The minimum Gasteiger partial charge on any atom is -0.463 e. The quantitative estimate of drug-likeness (QED) is 0.779. The number of halogens is 1. The Morgan fingerprint density at radius 2 is 1.76 bits per heavy atom. The largest absolute Gasteiger partial charge is 0.463 e. The summed E-state index contributed by atoms with van der Waals surface area (Å²) in [5.74, 6) is 0.315. The standard InChI is InChI=1S/C21H17FO3/c22-13-9-7-12(8-10-13)17-16-6-3-11-24-21(16)25-20-15-5-2-1-4-14(15)19(23)18(17)20/h1-2,4-5,7-10,16-17,21H,3,6,11H2/t16-,17-,21+/m1/s1. The van der Waals surface area contributed by atoms with Gasteiger partial charge in [0.1, 0.15) is 11.6 Å².